The van der Waals surface area contributed by atoms with Gasteiger partial charge in [-0.25, -0.2) is 0 Å². The van der Waals surface area contributed by atoms with Gasteiger partial charge in [0.05, 0.1) is 6.10 Å². The molecule has 0 aromatic carbocycles. The highest BCUT2D eigenvalue weighted by Crippen LogP contribution is 2.42. The molecule has 1 rings (SSSR count). The molecule has 13 heavy (non-hydrogen) atoms. The van der Waals surface area contributed by atoms with E-state index in [0.29, 0.717) is 12.0 Å². The van der Waals surface area contributed by atoms with Gasteiger partial charge in [0.1, 0.15) is 0 Å². The molecular weight excluding hydrogens is 162 g/mol. The van der Waals surface area contributed by atoms with E-state index < -0.39 is 0 Å². The van der Waals surface area contributed by atoms with Gasteiger partial charge in [-0.1, -0.05) is 26.7 Å². The van der Waals surface area contributed by atoms with Crippen molar-refractivity contribution < 1.29 is 4.74 Å². The Labute approximate surface area is 81.8 Å². The highest BCUT2D eigenvalue weighted by molar-refractivity contribution is 4.93. The second-order valence-corrected chi connectivity index (χ2v) is 4.39. The SMILES string of the molecule is CCCC(C)C1(CN)CCOC1C. The molecule has 78 valence electrons. The smallest absolute Gasteiger partial charge is 0.0618 e. The first-order valence-electron chi connectivity index (χ1n) is 5.49. The summed E-state index contributed by atoms with van der Waals surface area (Å²) in [6.07, 6.45) is 4.01. The van der Waals surface area contributed by atoms with Crippen LogP contribution < -0.4 is 5.73 Å². The van der Waals surface area contributed by atoms with E-state index in [1.165, 1.54) is 12.8 Å². The number of nitrogens with two attached hydrogens (primary N) is 1. The lowest BCUT2D eigenvalue weighted by atomic mass is 9.70. The molecule has 3 atom stereocenters. The zero-order valence-electron chi connectivity index (χ0n) is 9.18. The molecule has 3 unspecified atom stereocenters. The van der Waals surface area contributed by atoms with Crippen LogP contribution >= 0.6 is 0 Å². The van der Waals surface area contributed by atoms with Crippen molar-refractivity contribution in [2.45, 2.75) is 46.1 Å². The van der Waals surface area contributed by atoms with E-state index >= 15 is 0 Å². The van der Waals surface area contributed by atoms with Crippen LogP contribution in [0.3, 0.4) is 0 Å². The summed E-state index contributed by atoms with van der Waals surface area (Å²) >= 11 is 0. The summed E-state index contributed by atoms with van der Waals surface area (Å²) in [4.78, 5) is 0. The molecule has 2 heteroatoms. The van der Waals surface area contributed by atoms with E-state index in [4.69, 9.17) is 10.5 Å². The maximum absolute atomic E-state index is 5.91. The Morgan fingerprint density at radius 2 is 2.31 bits per heavy atom. The largest absolute Gasteiger partial charge is 0.378 e. The van der Waals surface area contributed by atoms with E-state index in [1.807, 2.05) is 0 Å². The zero-order chi connectivity index (χ0) is 9.90. The Hall–Kier alpha value is -0.0800. The summed E-state index contributed by atoms with van der Waals surface area (Å²) in [6, 6.07) is 0. The van der Waals surface area contributed by atoms with Gasteiger partial charge in [-0.3, -0.25) is 0 Å². The van der Waals surface area contributed by atoms with Crippen molar-refractivity contribution in [2.24, 2.45) is 17.1 Å². The molecule has 0 aliphatic carbocycles. The van der Waals surface area contributed by atoms with Crippen LogP contribution in [0.4, 0.5) is 0 Å². The van der Waals surface area contributed by atoms with Crippen molar-refractivity contribution in [3.8, 4) is 0 Å². The second-order valence-electron chi connectivity index (χ2n) is 4.39. The molecule has 2 N–H and O–H groups in total. The molecule has 0 aromatic rings. The maximum Gasteiger partial charge on any atom is 0.0618 e. The molecular formula is C11H23NO. The standard InChI is InChI=1S/C11H23NO/c1-4-5-9(2)11(8-12)6-7-13-10(11)3/h9-10H,4-8,12H2,1-3H3. The highest BCUT2D eigenvalue weighted by Gasteiger charge is 2.43. The minimum atomic E-state index is 0.260. The van der Waals surface area contributed by atoms with Crippen LogP contribution in [0, 0.1) is 11.3 Å². The predicted molar refractivity (Wildman–Crippen MR) is 55.6 cm³/mol. The van der Waals surface area contributed by atoms with E-state index in [2.05, 4.69) is 20.8 Å². The maximum atomic E-state index is 5.91. The third kappa shape index (κ3) is 1.89. The molecule has 1 saturated heterocycles. The lowest BCUT2D eigenvalue weighted by molar-refractivity contribution is 0.0353. The first-order valence-corrected chi connectivity index (χ1v) is 5.49. The predicted octanol–water partition coefficient (Wildman–Crippen LogP) is 2.18. The van der Waals surface area contributed by atoms with Crippen molar-refractivity contribution in [3.05, 3.63) is 0 Å². The van der Waals surface area contributed by atoms with Gasteiger partial charge in [-0.15, -0.1) is 0 Å². The van der Waals surface area contributed by atoms with Crippen molar-refractivity contribution in [1.82, 2.24) is 0 Å². The number of hydrogen-bond acceptors (Lipinski definition) is 2. The van der Waals surface area contributed by atoms with Crippen LogP contribution in [-0.2, 0) is 4.74 Å². The van der Waals surface area contributed by atoms with Gasteiger partial charge >= 0.3 is 0 Å². The van der Waals surface area contributed by atoms with Gasteiger partial charge in [-0.2, -0.15) is 0 Å². The highest BCUT2D eigenvalue weighted by atomic mass is 16.5. The Morgan fingerprint density at radius 1 is 1.62 bits per heavy atom. The molecule has 2 nitrogen and oxygen atoms in total. The first-order chi connectivity index (χ1) is 6.17. The third-order valence-corrected chi connectivity index (χ3v) is 3.83. The summed E-state index contributed by atoms with van der Waals surface area (Å²) in [6.45, 7) is 8.40. The van der Waals surface area contributed by atoms with Crippen LogP contribution in [0.2, 0.25) is 0 Å². The molecule has 1 heterocycles. The summed E-state index contributed by atoms with van der Waals surface area (Å²) in [7, 11) is 0. The molecule has 0 bridgehead atoms. The molecule has 1 fully saturated rings. The summed E-state index contributed by atoms with van der Waals surface area (Å²) in [5.41, 5.74) is 6.17. The fourth-order valence-corrected chi connectivity index (χ4v) is 2.63. The van der Waals surface area contributed by atoms with E-state index in [0.717, 1.165) is 19.6 Å². The Bertz CT molecular complexity index is 160. The lowest BCUT2D eigenvalue weighted by Crippen LogP contribution is -2.42. The van der Waals surface area contributed by atoms with Gasteiger partial charge in [-0.05, 0) is 19.3 Å². The van der Waals surface area contributed by atoms with Gasteiger partial charge in [0, 0.05) is 18.6 Å². The van der Waals surface area contributed by atoms with Crippen molar-refractivity contribution >= 4 is 0 Å². The monoisotopic (exact) mass is 185 g/mol. The molecule has 0 amide bonds. The first kappa shape index (κ1) is 11.0. The molecule has 0 saturated carbocycles. The quantitative estimate of drug-likeness (QED) is 0.728. The zero-order valence-corrected chi connectivity index (χ0v) is 9.18. The van der Waals surface area contributed by atoms with E-state index in [9.17, 15) is 0 Å². The van der Waals surface area contributed by atoms with Gasteiger partial charge in [0.25, 0.3) is 0 Å². The number of hydrogen-bond donors (Lipinski definition) is 1. The van der Waals surface area contributed by atoms with Crippen LogP contribution in [0.5, 0.6) is 0 Å². The van der Waals surface area contributed by atoms with Gasteiger partial charge in [0.15, 0.2) is 0 Å². The molecule has 1 aliphatic rings. The lowest BCUT2D eigenvalue weighted by Gasteiger charge is -2.37. The number of rotatable bonds is 4. The van der Waals surface area contributed by atoms with Crippen LogP contribution in [0.25, 0.3) is 0 Å². The van der Waals surface area contributed by atoms with E-state index in [-0.39, 0.29) is 5.41 Å². The average molecular weight is 185 g/mol. The van der Waals surface area contributed by atoms with Crippen molar-refractivity contribution in [3.63, 3.8) is 0 Å². The van der Waals surface area contributed by atoms with Crippen LogP contribution in [0.15, 0.2) is 0 Å². The third-order valence-electron chi connectivity index (χ3n) is 3.83. The minimum Gasteiger partial charge on any atom is -0.378 e. The minimum absolute atomic E-state index is 0.260. The van der Waals surface area contributed by atoms with Gasteiger partial charge in [0.2, 0.25) is 0 Å². The van der Waals surface area contributed by atoms with Gasteiger partial charge < -0.3 is 10.5 Å². The molecule has 1 aliphatic heterocycles. The molecule has 0 aromatic heterocycles. The van der Waals surface area contributed by atoms with E-state index in [1.54, 1.807) is 0 Å². The van der Waals surface area contributed by atoms with Crippen molar-refractivity contribution in [2.75, 3.05) is 13.2 Å². The fraction of sp³-hybridized carbons (Fsp3) is 1.00. The number of ether oxygens (including phenoxy) is 1. The van der Waals surface area contributed by atoms with Crippen LogP contribution in [0.1, 0.15) is 40.0 Å². The van der Waals surface area contributed by atoms with Crippen LogP contribution in [-0.4, -0.2) is 19.3 Å². The molecule has 0 spiro atoms. The topological polar surface area (TPSA) is 35.2 Å². The average Bonchev–Trinajstić information content (AvgIpc) is 2.48. The molecule has 0 radical (unpaired) electrons. The summed E-state index contributed by atoms with van der Waals surface area (Å²) in [5.74, 6) is 0.694. The normalized spacial score (nSPS) is 36.5. The Balaban J connectivity index is 2.67. The Kier molecular flexibility index (Phi) is 3.74. The Morgan fingerprint density at radius 3 is 2.69 bits per heavy atom. The fourth-order valence-electron chi connectivity index (χ4n) is 2.63. The summed E-state index contributed by atoms with van der Waals surface area (Å²) in [5, 5.41) is 0. The second kappa shape index (κ2) is 4.43. The summed E-state index contributed by atoms with van der Waals surface area (Å²) < 4.78 is 5.65. The van der Waals surface area contributed by atoms with Crippen molar-refractivity contribution in [1.29, 1.82) is 0 Å².